The predicted molar refractivity (Wildman–Crippen MR) is 124 cm³/mol. The van der Waals surface area contributed by atoms with Gasteiger partial charge in [0.2, 0.25) is 5.91 Å². The summed E-state index contributed by atoms with van der Waals surface area (Å²) >= 11 is 0. The highest BCUT2D eigenvalue weighted by Gasteiger charge is 2.27. The summed E-state index contributed by atoms with van der Waals surface area (Å²) in [7, 11) is 0. The Balaban J connectivity index is 1.42. The highest BCUT2D eigenvalue weighted by molar-refractivity contribution is 6.38. The first-order valence-electron chi connectivity index (χ1n) is 10.7. The number of anilines is 1. The number of amides is 1. The number of aromatic nitrogens is 2. The predicted octanol–water partition coefficient (Wildman–Crippen LogP) is 2.42. The molecule has 0 fully saturated rings. The third-order valence-electron chi connectivity index (χ3n) is 5.51. The number of hydrogen-bond acceptors (Lipinski definition) is 6. The van der Waals surface area contributed by atoms with Crippen LogP contribution in [0.1, 0.15) is 30.4 Å². The molecule has 0 bridgehead atoms. The zero-order chi connectivity index (χ0) is 23.5. The molecular weight excluding hydrogens is 424 g/mol. The number of carbonyl (C=O) groups is 2. The van der Waals surface area contributed by atoms with Crippen LogP contribution >= 0.6 is 0 Å². The number of aryl methyl sites for hydroxylation is 2. The number of fused-ring (bicyclic) bond motifs is 1. The Labute approximate surface area is 189 Å². The molecule has 1 amide bonds. The number of nitrogens with one attached hydrogen (secondary N) is 1. The van der Waals surface area contributed by atoms with Crippen LogP contribution in [0, 0.1) is 13.8 Å². The van der Waals surface area contributed by atoms with Crippen LogP contribution in [0.25, 0.3) is 10.9 Å². The Hall–Kier alpha value is -4.01. The molecule has 4 rings (SSSR count). The Morgan fingerprint density at radius 1 is 1.09 bits per heavy atom. The molecule has 9 nitrogen and oxygen atoms in total. The van der Waals surface area contributed by atoms with Gasteiger partial charge in [0.15, 0.2) is 0 Å². The smallest absolute Gasteiger partial charge is 0.354 e. The molecule has 0 atom stereocenters. The van der Waals surface area contributed by atoms with E-state index in [1.807, 2.05) is 32.0 Å². The number of ether oxygens (including phenoxy) is 1. The number of benzene rings is 2. The lowest BCUT2D eigenvalue weighted by atomic mass is 10.1. The monoisotopic (exact) mass is 448 g/mol. The molecule has 0 saturated heterocycles. The summed E-state index contributed by atoms with van der Waals surface area (Å²) in [4.78, 5) is 52.4. The van der Waals surface area contributed by atoms with Crippen molar-refractivity contribution in [1.29, 1.82) is 0 Å². The molecule has 2 aromatic carbocycles. The number of nitrogens with zero attached hydrogens (tertiary/aromatic N) is 3. The maximum Gasteiger partial charge on any atom is 0.354 e. The van der Waals surface area contributed by atoms with Crippen LogP contribution in [0.5, 0.6) is 0 Å². The second-order valence-corrected chi connectivity index (χ2v) is 7.96. The topological polar surface area (TPSA) is 114 Å². The van der Waals surface area contributed by atoms with Crippen LogP contribution in [0.15, 0.2) is 57.2 Å². The molecule has 2 heterocycles. The summed E-state index contributed by atoms with van der Waals surface area (Å²) in [5.74, 6) is -0.798. The Kier molecular flexibility index (Phi) is 6.21. The molecule has 33 heavy (non-hydrogen) atoms. The molecule has 0 saturated carbocycles. The zero-order valence-corrected chi connectivity index (χ0v) is 18.5. The van der Waals surface area contributed by atoms with E-state index < -0.39 is 11.7 Å². The minimum Gasteiger partial charge on any atom is -0.461 e. The number of aromatic amines is 1. The van der Waals surface area contributed by atoms with E-state index in [0.29, 0.717) is 16.6 Å². The van der Waals surface area contributed by atoms with Gasteiger partial charge in [-0.3, -0.25) is 14.2 Å². The van der Waals surface area contributed by atoms with Gasteiger partial charge < -0.3 is 9.72 Å². The van der Waals surface area contributed by atoms with Crippen LogP contribution < -0.4 is 16.3 Å². The van der Waals surface area contributed by atoms with Crippen molar-refractivity contribution in [1.82, 2.24) is 9.55 Å². The fourth-order valence-corrected chi connectivity index (χ4v) is 3.71. The van der Waals surface area contributed by atoms with E-state index in [0.717, 1.165) is 15.7 Å². The van der Waals surface area contributed by atoms with Crippen molar-refractivity contribution in [2.24, 2.45) is 5.10 Å². The summed E-state index contributed by atoms with van der Waals surface area (Å²) in [5.41, 5.74) is 2.24. The Bertz CT molecular complexity index is 1390. The van der Waals surface area contributed by atoms with Gasteiger partial charge in [-0.25, -0.2) is 9.59 Å². The molecule has 170 valence electrons. The summed E-state index contributed by atoms with van der Waals surface area (Å²) in [6.07, 6.45) is 0.631. The molecule has 1 aliphatic rings. The molecular formula is C24H24N4O5. The van der Waals surface area contributed by atoms with Crippen LogP contribution in [-0.2, 0) is 20.9 Å². The van der Waals surface area contributed by atoms with E-state index in [2.05, 4.69) is 10.1 Å². The maximum absolute atomic E-state index is 12.6. The first kappa shape index (κ1) is 22.2. The maximum atomic E-state index is 12.6. The normalized spacial score (nSPS) is 13.8. The number of H-pyrrole nitrogens is 1. The van der Waals surface area contributed by atoms with Gasteiger partial charge in [-0.15, -0.1) is 0 Å². The van der Waals surface area contributed by atoms with Crippen LogP contribution in [0.4, 0.5) is 5.69 Å². The van der Waals surface area contributed by atoms with Gasteiger partial charge in [-0.2, -0.15) is 10.1 Å². The molecule has 0 spiro atoms. The number of para-hydroxylation sites is 1. The van der Waals surface area contributed by atoms with Crippen molar-refractivity contribution in [3.63, 3.8) is 0 Å². The fourth-order valence-electron chi connectivity index (χ4n) is 3.71. The minimum atomic E-state index is -0.613. The molecule has 0 unspecified atom stereocenters. The van der Waals surface area contributed by atoms with Gasteiger partial charge in [0.1, 0.15) is 5.71 Å². The SMILES string of the molecule is Cc1ccc(C)c(N2N=C(C(=O)OCCCn3c(=O)[nH]c4ccccc4c3=O)CCC2=O)c1. The van der Waals surface area contributed by atoms with E-state index in [4.69, 9.17) is 4.74 Å². The third kappa shape index (κ3) is 4.62. The average Bonchev–Trinajstić information content (AvgIpc) is 2.80. The van der Waals surface area contributed by atoms with E-state index in [-0.39, 0.29) is 49.6 Å². The van der Waals surface area contributed by atoms with Crippen molar-refractivity contribution in [3.05, 3.63) is 74.4 Å². The third-order valence-corrected chi connectivity index (χ3v) is 5.51. The van der Waals surface area contributed by atoms with Gasteiger partial charge in [0.05, 0.1) is 23.2 Å². The summed E-state index contributed by atoms with van der Waals surface area (Å²) in [6.45, 7) is 3.91. The van der Waals surface area contributed by atoms with Gasteiger partial charge in [-0.05, 0) is 49.6 Å². The molecule has 3 aromatic rings. The van der Waals surface area contributed by atoms with Crippen molar-refractivity contribution >= 4 is 34.2 Å². The molecule has 0 aliphatic carbocycles. The van der Waals surface area contributed by atoms with E-state index in [9.17, 15) is 19.2 Å². The molecule has 9 heteroatoms. The van der Waals surface area contributed by atoms with Crippen molar-refractivity contribution in [2.75, 3.05) is 11.6 Å². The van der Waals surface area contributed by atoms with Gasteiger partial charge in [0, 0.05) is 19.4 Å². The highest BCUT2D eigenvalue weighted by Crippen LogP contribution is 2.25. The van der Waals surface area contributed by atoms with Crippen LogP contribution in [0.3, 0.4) is 0 Å². The lowest BCUT2D eigenvalue weighted by molar-refractivity contribution is -0.135. The number of hydrazone groups is 1. The van der Waals surface area contributed by atoms with E-state index in [1.165, 1.54) is 5.01 Å². The Morgan fingerprint density at radius 3 is 2.70 bits per heavy atom. The number of hydrogen-bond donors (Lipinski definition) is 1. The average molecular weight is 448 g/mol. The van der Waals surface area contributed by atoms with Gasteiger partial charge in [-0.1, -0.05) is 24.3 Å². The first-order valence-corrected chi connectivity index (χ1v) is 10.7. The van der Waals surface area contributed by atoms with E-state index >= 15 is 0 Å². The summed E-state index contributed by atoms with van der Waals surface area (Å²) in [6, 6.07) is 12.5. The molecule has 1 N–H and O–H groups in total. The Morgan fingerprint density at radius 2 is 1.88 bits per heavy atom. The molecule has 0 radical (unpaired) electrons. The minimum absolute atomic E-state index is 0.00792. The number of esters is 1. The van der Waals surface area contributed by atoms with Gasteiger partial charge in [0.25, 0.3) is 5.56 Å². The zero-order valence-electron chi connectivity index (χ0n) is 18.5. The van der Waals surface area contributed by atoms with E-state index in [1.54, 1.807) is 24.3 Å². The lowest BCUT2D eigenvalue weighted by Gasteiger charge is -2.24. The van der Waals surface area contributed by atoms with Crippen LogP contribution in [0.2, 0.25) is 0 Å². The second kappa shape index (κ2) is 9.23. The van der Waals surface area contributed by atoms with Crippen molar-refractivity contribution in [3.8, 4) is 0 Å². The largest absolute Gasteiger partial charge is 0.461 e. The quantitative estimate of drug-likeness (QED) is 0.460. The number of carbonyl (C=O) groups excluding carboxylic acids is 2. The molecule has 1 aromatic heterocycles. The second-order valence-electron chi connectivity index (χ2n) is 7.96. The fraction of sp³-hybridized carbons (Fsp3) is 0.292. The summed E-state index contributed by atoms with van der Waals surface area (Å²) in [5, 5.41) is 5.93. The molecule has 1 aliphatic heterocycles. The lowest BCUT2D eigenvalue weighted by Crippen LogP contribution is -2.36. The summed E-state index contributed by atoms with van der Waals surface area (Å²) < 4.78 is 6.40. The first-order chi connectivity index (χ1) is 15.8. The highest BCUT2D eigenvalue weighted by atomic mass is 16.5. The van der Waals surface area contributed by atoms with Crippen LogP contribution in [-0.4, -0.2) is 33.7 Å². The standard InChI is InChI=1S/C24H24N4O5/c1-15-8-9-16(2)20(14-15)28-21(29)11-10-19(26-28)23(31)33-13-5-12-27-22(30)17-6-3-4-7-18(17)25-24(27)32/h3-4,6-9,14H,5,10-13H2,1-2H3,(H,25,32). The number of rotatable bonds is 6. The van der Waals surface area contributed by atoms with Gasteiger partial charge >= 0.3 is 11.7 Å². The van der Waals surface area contributed by atoms with Crippen molar-refractivity contribution in [2.45, 2.75) is 39.7 Å². The van der Waals surface area contributed by atoms with Crippen molar-refractivity contribution < 1.29 is 14.3 Å².